The van der Waals surface area contributed by atoms with E-state index in [4.69, 9.17) is 0 Å². The van der Waals surface area contributed by atoms with Gasteiger partial charge in [0.25, 0.3) is 5.69 Å². The average Bonchev–Trinajstić information content (AvgIpc) is 3.18. The summed E-state index contributed by atoms with van der Waals surface area (Å²) in [5.74, 6) is -0.285. The van der Waals surface area contributed by atoms with Gasteiger partial charge in [0.2, 0.25) is 5.91 Å². The molecule has 1 N–H and O–H groups in total. The molecule has 2 aliphatic rings. The van der Waals surface area contributed by atoms with E-state index in [2.05, 4.69) is 22.2 Å². The maximum Gasteiger partial charge on any atom is 0.292 e. The smallest absolute Gasteiger partial charge is 0.292 e. The zero-order chi connectivity index (χ0) is 22.7. The summed E-state index contributed by atoms with van der Waals surface area (Å²) in [6, 6.07) is 10.8. The molecule has 32 heavy (non-hydrogen) atoms. The van der Waals surface area contributed by atoms with Crippen LogP contribution in [0.4, 0.5) is 21.5 Å². The Hall–Kier alpha value is -3.20. The van der Waals surface area contributed by atoms with Crippen molar-refractivity contribution in [1.29, 1.82) is 0 Å². The van der Waals surface area contributed by atoms with Crippen molar-refractivity contribution in [3.63, 3.8) is 0 Å². The van der Waals surface area contributed by atoms with Crippen molar-refractivity contribution in [2.45, 2.75) is 18.9 Å². The Labute approximate surface area is 186 Å². The van der Waals surface area contributed by atoms with Crippen molar-refractivity contribution >= 4 is 23.0 Å². The fraction of sp³-hybridized carbons (Fsp3) is 0.435. The van der Waals surface area contributed by atoms with Gasteiger partial charge in [-0.2, -0.15) is 0 Å². The highest BCUT2D eigenvalue weighted by Crippen LogP contribution is 2.33. The van der Waals surface area contributed by atoms with Crippen LogP contribution >= 0.6 is 0 Å². The van der Waals surface area contributed by atoms with E-state index in [-0.39, 0.29) is 17.4 Å². The number of rotatable bonds is 7. The van der Waals surface area contributed by atoms with Crippen LogP contribution in [0.15, 0.2) is 42.5 Å². The predicted octanol–water partition coefficient (Wildman–Crippen LogP) is 3.26. The Balaban J connectivity index is 1.64. The second kappa shape index (κ2) is 9.52. The lowest BCUT2D eigenvalue weighted by molar-refractivity contribution is -0.384. The third kappa shape index (κ3) is 4.99. The molecule has 1 amide bonds. The first-order valence-electron chi connectivity index (χ1n) is 10.9. The monoisotopic (exact) mass is 441 g/mol. The summed E-state index contributed by atoms with van der Waals surface area (Å²) >= 11 is 0. The maximum atomic E-state index is 13.5. The van der Waals surface area contributed by atoms with Gasteiger partial charge in [0.05, 0.1) is 11.0 Å². The molecule has 170 valence electrons. The van der Waals surface area contributed by atoms with Crippen LogP contribution in [0.3, 0.4) is 0 Å². The summed E-state index contributed by atoms with van der Waals surface area (Å²) in [6.45, 7) is 4.56. The van der Waals surface area contributed by atoms with E-state index >= 15 is 0 Å². The first-order valence-corrected chi connectivity index (χ1v) is 10.9. The number of halogens is 1. The van der Waals surface area contributed by atoms with Crippen LogP contribution in [0.25, 0.3) is 0 Å². The molecule has 8 nitrogen and oxygen atoms in total. The standard InChI is InChI=1S/C23H28FN5O3/c1-26-11-13-27(14-12-26)19-8-9-22(29(31)32)20(15-19)25-21(16-28-10-2-3-23(28)30)17-4-6-18(24)7-5-17/h4-9,15,21,25H,2-3,10-14,16H2,1H3. The molecular weight excluding hydrogens is 413 g/mol. The van der Waals surface area contributed by atoms with Crippen molar-refractivity contribution in [3.05, 3.63) is 64.0 Å². The number of benzene rings is 2. The first kappa shape index (κ1) is 22.0. The normalized spacial score (nSPS) is 18.1. The molecule has 0 saturated carbocycles. The molecule has 0 bridgehead atoms. The predicted molar refractivity (Wildman–Crippen MR) is 121 cm³/mol. The number of carbonyl (C=O) groups is 1. The number of nitro benzene ring substituents is 1. The lowest BCUT2D eigenvalue weighted by Crippen LogP contribution is -2.44. The zero-order valence-electron chi connectivity index (χ0n) is 18.2. The number of amides is 1. The SMILES string of the molecule is CN1CCN(c2ccc([N+](=O)[O-])c(NC(CN3CCCC3=O)c3ccc(F)cc3)c2)CC1. The van der Waals surface area contributed by atoms with Crippen LogP contribution in [-0.4, -0.2) is 66.9 Å². The molecule has 2 saturated heterocycles. The maximum absolute atomic E-state index is 13.5. The quantitative estimate of drug-likeness (QED) is 0.525. The van der Waals surface area contributed by atoms with E-state index in [0.717, 1.165) is 43.9 Å². The summed E-state index contributed by atoms with van der Waals surface area (Å²) in [5.41, 5.74) is 2.06. The van der Waals surface area contributed by atoms with Crippen LogP contribution in [0.1, 0.15) is 24.4 Å². The summed E-state index contributed by atoms with van der Waals surface area (Å²) < 4.78 is 13.5. The number of nitrogens with zero attached hydrogens (tertiary/aromatic N) is 4. The van der Waals surface area contributed by atoms with Gasteiger partial charge in [0.15, 0.2) is 0 Å². The number of hydrogen-bond donors (Lipinski definition) is 1. The van der Waals surface area contributed by atoms with Crippen molar-refractivity contribution in [2.24, 2.45) is 0 Å². The highest BCUT2D eigenvalue weighted by molar-refractivity contribution is 5.78. The molecule has 0 spiro atoms. The van der Waals surface area contributed by atoms with E-state index in [1.807, 2.05) is 6.07 Å². The number of likely N-dealkylation sites (N-methyl/N-ethyl adjacent to an activating group) is 1. The van der Waals surface area contributed by atoms with Gasteiger partial charge >= 0.3 is 0 Å². The van der Waals surface area contributed by atoms with Gasteiger partial charge in [-0.15, -0.1) is 0 Å². The van der Waals surface area contributed by atoms with Gasteiger partial charge in [-0.05, 0) is 43.3 Å². The molecule has 2 fully saturated rings. The third-order valence-corrected chi connectivity index (χ3v) is 6.22. The molecule has 1 atom stereocenters. The van der Waals surface area contributed by atoms with Crippen molar-refractivity contribution < 1.29 is 14.1 Å². The Morgan fingerprint density at radius 3 is 2.44 bits per heavy atom. The molecule has 2 aromatic rings. The lowest BCUT2D eigenvalue weighted by Gasteiger charge is -2.34. The lowest BCUT2D eigenvalue weighted by atomic mass is 10.0. The topological polar surface area (TPSA) is 82.0 Å². The van der Waals surface area contributed by atoms with Crippen molar-refractivity contribution in [1.82, 2.24) is 9.80 Å². The molecule has 2 aliphatic heterocycles. The molecular formula is C23H28FN5O3. The Kier molecular flexibility index (Phi) is 6.55. The molecule has 0 aliphatic carbocycles. The Bertz CT molecular complexity index is 976. The van der Waals surface area contributed by atoms with Crippen LogP contribution in [0.5, 0.6) is 0 Å². The van der Waals surface area contributed by atoms with Gasteiger partial charge in [-0.1, -0.05) is 12.1 Å². The number of nitro groups is 1. The summed E-state index contributed by atoms with van der Waals surface area (Å²) in [4.78, 5) is 29.8. The fourth-order valence-electron chi connectivity index (χ4n) is 4.29. The van der Waals surface area contributed by atoms with Crippen LogP contribution in [0, 0.1) is 15.9 Å². The van der Waals surface area contributed by atoms with E-state index in [1.165, 1.54) is 18.2 Å². The van der Waals surface area contributed by atoms with Crippen molar-refractivity contribution in [2.75, 3.05) is 56.5 Å². The van der Waals surface area contributed by atoms with Crippen LogP contribution in [-0.2, 0) is 4.79 Å². The molecule has 1 unspecified atom stereocenters. The van der Waals surface area contributed by atoms with E-state index in [1.54, 1.807) is 23.1 Å². The van der Waals surface area contributed by atoms with Crippen molar-refractivity contribution in [3.8, 4) is 0 Å². The minimum Gasteiger partial charge on any atom is -0.371 e. The molecule has 9 heteroatoms. The second-order valence-corrected chi connectivity index (χ2v) is 8.44. The van der Waals surface area contributed by atoms with Crippen LogP contribution in [0.2, 0.25) is 0 Å². The van der Waals surface area contributed by atoms with Gasteiger partial charge in [0.1, 0.15) is 11.5 Å². The minimum absolute atomic E-state index is 0.0252. The van der Waals surface area contributed by atoms with E-state index < -0.39 is 11.0 Å². The van der Waals surface area contributed by atoms with Crippen LogP contribution < -0.4 is 10.2 Å². The first-order chi connectivity index (χ1) is 15.4. The van der Waals surface area contributed by atoms with Gasteiger partial charge in [-0.25, -0.2) is 4.39 Å². The Morgan fingerprint density at radius 2 is 1.81 bits per heavy atom. The average molecular weight is 442 g/mol. The summed E-state index contributed by atoms with van der Waals surface area (Å²) in [5, 5.41) is 15.0. The molecule has 0 aromatic heterocycles. The number of nitrogens with one attached hydrogen (secondary N) is 1. The molecule has 2 aromatic carbocycles. The summed E-state index contributed by atoms with van der Waals surface area (Å²) in [7, 11) is 2.08. The fourth-order valence-corrected chi connectivity index (χ4v) is 4.29. The van der Waals surface area contributed by atoms with E-state index in [9.17, 15) is 19.3 Å². The number of anilines is 2. The minimum atomic E-state index is -0.404. The van der Waals surface area contributed by atoms with Gasteiger partial charge in [0, 0.05) is 57.4 Å². The largest absolute Gasteiger partial charge is 0.371 e. The number of hydrogen-bond acceptors (Lipinski definition) is 6. The van der Waals surface area contributed by atoms with Gasteiger partial charge < -0.3 is 20.0 Å². The molecule has 2 heterocycles. The summed E-state index contributed by atoms with van der Waals surface area (Å²) in [6.07, 6.45) is 1.31. The van der Waals surface area contributed by atoms with E-state index in [0.29, 0.717) is 25.2 Å². The second-order valence-electron chi connectivity index (χ2n) is 8.44. The number of likely N-dealkylation sites (tertiary alicyclic amines) is 1. The molecule has 0 radical (unpaired) electrons. The molecule has 4 rings (SSSR count). The number of piperazine rings is 1. The highest BCUT2D eigenvalue weighted by Gasteiger charge is 2.27. The number of carbonyl (C=O) groups excluding carboxylic acids is 1. The Morgan fingerprint density at radius 1 is 1.09 bits per heavy atom. The highest BCUT2D eigenvalue weighted by atomic mass is 19.1. The van der Waals surface area contributed by atoms with Gasteiger partial charge in [-0.3, -0.25) is 14.9 Å². The third-order valence-electron chi connectivity index (χ3n) is 6.22. The zero-order valence-corrected chi connectivity index (χ0v) is 18.2.